The Kier molecular flexibility index (Phi) is 5.63. The lowest BCUT2D eigenvalue weighted by molar-refractivity contribution is 0.0801. The Morgan fingerprint density at radius 3 is 2.42 bits per heavy atom. The van der Waals surface area contributed by atoms with Crippen molar-refractivity contribution in [2.75, 3.05) is 27.3 Å². The van der Waals surface area contributed by atoms with Crippen LogP contribution in [0.5, 0.6) is 11.5 Å². The van der Waals surface area contributed by atoms with Gasteiger partial charge in [-0.3, -0.25) is 0 Å². The Hall–Kier alpha value is -1.26. The largest absolute Gasteiger partial charge is 0.497 e. The molecule has 0 saturated heterocycles. The third kappa shape index (κ3) is 5.09. The second-order valence-electron chi connectivity index (χ2n) is 5.36. The molecule has 0 unspecified atom stereocenters. The lowest BCUT2D eigenvalue weighted by atomic mass is 10.0. The number of rotatable bonds is 7. The van der Waals surface area contributed by atoms with E-state index >= 15 is 0 Å². The first-order valence-electron chi connectivity index (χ1n) is 6.52. The van der Waals surface area contributed by atoms with Gasteiger partial charge < -0.3 is 19.9 Å². The maximum atomic E-state index is 9.63. The number of benzene rings is 1. The topological polar surface area (TPSA) is 50.7 Å². The summed E-state index contributed by atoms with van der Waals surface area (Å²) in [6.45, 7) is 7.01. The van der Waals surface area contributed by atoms with Crippen molar-refractivity contribution in [3.05, 3.63) is 23.3 Å². The molecule has 0 heterocycles. The van der Waals surface area contributed by atoms with Crippen molar-refractivity contribution >= 4 is 0 Å². The predicted octanol–water partition coefficient (Wildman–Crippen LogP) is 1.92. The van der Waals surface area contributed by atoms with Crippen molar-refractivity contribution in [1.82, 2.24) is 5.32 Å². The zero-order chi connectivity index (χ0) is 14.5. The van der Waals surface area contributed by atoms with E-state index in [1.807, 2.05) is 12.1 Å². The zero-order valence-corrected chi connectivity index (χ0v) is 12.5. The Labute approximate surface area is 115 Å². The van der Waals surface area contributed by atoms with Crippen LogP contribution in [0.15, 0.2) is 12.1 Å². The highest BCUT2D eigenvalue weighted by molar-refractivity contribution is 5.46. The zero-order valence-electron chi connectivity index (χ0n) is 12.5. The van der Waals surface area contributed by atoms with Gasteiger partial charge >= 0.3 is 0 Å². The van der Waals surface area contributed by atoms with Crippen LogP contribution in [-0.4, -0.2) is 38.0 Å². The van der Waals surface area contributed by atoms with Gasteiger partial charge in [0.15, 0.2) is 0 Å². The third-order valence-electron chi connectivity index (χ3n) is 2.97. The van der Waals surface area contributed by atoms with Gasteiger partial charge in [0, 0.05) is 12.6 Å². The third-order valence-corrected chi connectivity index (χ3v) is 2.97. The molecule has 0 aliphatic carbocycles. The summed E-state index contributed by atoms with van der Waals surface area (Å²) < 4.78 is 10.6. The number of methoxy groups -OCH3 is 2. The van der Waals surface area contributed by atoms with Gasteiger partial charge in [-0.15, -0.1) is 0 Å². The molecule has 1 aromatic carbocycles. The van der Waals surface area contributed by atoms with E-state index in [0.29, 0.717) is 6.54 Å². The highest BCUT2D eigenvalue weighted by Gasteiger charge is 2.12. The van der Waals surface area contributed by atoms with Crippen molar-refractivity contribution < 1.29 is 14.6 Å². The molecule has 0 bridgehead atoms. The van der Waals surface area contributed by atoms with Crippen LogP contribution in [0.3, 0.4) is 0 Å². The molecule has 0 amide bonds. The average molecular weight is 267 g/mol. The first kappa shape index (κ1) is 15.8. The van der Waals surface area contributed by atoms with E-state index in [9.17, 15) is 5.11 Å². The van der Waals surface area contributed by atoms with Gasteiger partial charge in [0.05, 0.1) is 19.8 Å². The molecule has 0 radical (unpaired) electrons. The lowest BCUT2D eigenvalue weighted by Gasteiger charge is -2.18. The molecule has 19 heavy (non-hydrogen) atoms. The minimum atomic E-state index is -0.682. The summed E-state index contributed by atoms with van der Waals surface area (Å²) >= 11 is 0. The maximum Gasteiger partial charge on any atom is 0.126 e. The van der Waals surface area contributed by atoms with Crippen LogP contribution in [-0.2, 0) is 6.42 Å². The number of ether oxygens (including phenoxy) is 2. The van der Waals surface area contributed by atoms with Gasteiger partial charge in [0.1, 0.15) is 11.5 Å². The Morgan fingerprint density at radius 1 is 1.21 bits per heavy atom. The molecular weight excluding hydrogens is 242 g/mol. The van der Waals surface area contributed by atoms with Gasteiger partial charge in [0.2, 0.25) is 0 Å². The van der Waals surface area contributed by atoms with E-state index in [0.717, 1.165) is 30.0 Å². The molecule has 0 spiro atoms. The molecule has 1 aromatic rings. The molecule has 0 saturated carbocycles. The number of hydrogen-bond acceptors (Lipinski definition) is 4. The summed E-state index contributed by atoms with van der Waals surface area (Å²) in [5, 5.41) is 12.9. The summed E-state index contributed by atoms with van der Waals surface area (Å²) in [4.78, 5) is 0. The van der Waals surface area contributed by atoms with E-state index in [4.69, 9.17) is 9.47 Å². The summed E-state index contributed by atoms with van der Waals surface area (Å²) in [6, 6.07) is 3.91. The molecular formula is C15H25NO3. The second-order valence-corrected chi connectivity index (χ2v) is 5.36. The fourth-order valence-corrected chi connectivity index (χ4v) is 1.98. The summed E-state index contributed by atoms with van der Waals surface area (Å²) in [7, 11) is 3.32. The van der Waals surface area contributed by atoms with Crippen molar-refractivity contribution in [3.63, 3.8) is 0 Å². The standard InChI is InChI=1S/C15H25NO3/c1-11-8-12(18-4)9-14(19-5)13(11)6-7-16-10-15(2,3)17/h8-9,16-17H,6-7,10H2,1-5H3. The van der Waals surface area contributed by atoms with E-state index < -0.39 is 5.60 Å². The van der Waals surface area contributed by atoms with Crippen molar-refractivity contribution in [2.45, 2.75) is 32.8 Å². The van der Waals surface area contributed by atoms with Gasteiger partial charge in [-0.1, -0.05) is 0 Å². The van der Waals surface area contributed by atoms with Crippen LogP contribution < -0.4 is 14.8 Å². The predicted molar refractivity (Wildman–Crippen MR) is 77.2 cm³/mol. The molecule has 0 aliphatic heterocycles. The van der Waals surface area contributed by atoms with Gasteiger partial charge in [-0.25, -0.2) is 0 Å². The van der Waals surface area contributed by atoms with E-state index in [1.165, 1.54) is 5.56 Å². The number of aliphatic hydroxyl groups is 1. The molecule has 0 aliphatic rings. The minimum absolute atomic E-state index is 0.574. The molecule has 4 nitrogen and oxygen atoms in total. The number of hydrogen-bond donors (Lipinski definition) is 2. The molecule has 2 N–H and O–H groups in total. The van der Waals surface area contributed by atoms with Gasteiger partial charge in [-0.05, 0) is 50.9 Å². The quantitative estimate of drug-likeness (QED) is 0.741. The molecule has 108 valence electrons. The van der Waals surface area contributed by atoms with E-state index in [1.54, 1.807) is 28.1 Å². The van der Waals surface area contributed by atoms with E-state index in [2.05, 4.69) is 12.2 Å². The van der Waals surface area contributed by atoms with Crippen LogP contribution in [0.25, 0.3) is 0 Å². The SMILES string of the molecule is COc1cc(C)c(CCNCC(C)(C)O)c(OC)c1. The smallest absolute Gasteiger partial charge is 0.126 e. The summed E-state index contributed by atoms with van der Waals surface area (Å²) in [5.74, 6) is 1.66. The van der Waals surface area contributed by atoms with Crippen LogP contribution in [0.1, 0.15) is 25.0 Å². The highest BCUT2D eigenvalue weighted by Crippen LogP contribution is 2.28. The maximum absolute atomic E-state index is 9.63. The van der Waals surface area contributed by atoms with Crippen LogP contribution in [0.4, 0.5) is 0 Å². The van der Waals surface area contributed by atoms with Crippen molar-refractivity contribution in [2.24, 2.45) is 0 Å². The number of aryl methyl sites for hydroxylation is 1. The summed E-state index contributed by atoms with van der Waals surface area (Å²) in [5.41, 5.74) is 1.65. The second kappa shape index (κ2) is 6.78. The monoisotopic (exact) mass is 267 g/mol. The van der Waals surface area contributed by atoms with Crippen LogP contribution >= 0.6 is 0 Å². The van der Waals surface area contributed by atoms with Crippen molar-refractivity contribution in [3.8, 4) is 11.5 Å². The van der Waals surface area contributed by atoms with E-state index in [-0.39, 0.29) is 0 Å². The summed E-state index contributed by atoms with van der Waals surface area (Å²) in [6.07, 6.45) is 0.856. The Balaban J connectivity index is 2.67. The van der Waals surface area contributed by atoms with Gasteiger partial charge in [-0.2, -0.15) is 0 Å². The van der Waals surface area contributed by atoms with Crippen LogP contribution in [0, 0.1) is 6.92 Å². The molecule has 0 atom stereocenters. The first-order valence-corrected chi connectivity index (χ1v) is 6.52. The molecule has 1 rings (SSSR count). The molecule has 0 aromatic heterocycles. The first-order chi connectivity index (χ1) is 8.87. The van der Waals surface area contributed by atoms with Crippen molar-refractivity contribution in [1.29, 1.82) is 0 Å². The minimum Gasteiger partial charge on any atom is -0.497 e. The average Bonchev–Trinajstić information content (AvgIpc) is 2.34. The fourth-order valence-electron chi connectivity index (χ4n) is 1.98. The Bertz CT molecular complexity index is 411. The highest BCUT2D eigenvalue weighted by atomic mass is 16.5. The Morgan fingerprint density at radius 2 is 1.89 bits per heavy atom. The molecule has 4 heteroatoms. The fraction of sp³-hybridized carbons (Fsp3) is 0.600. The van der Waals surface area contributed by atoms with Crippen LogP contribution in [0.2, 0.25) is 0 Å². The normalized spacial score (nSPS) is 11.5. The van der Waals surface area contributed by atoms with Gasteiger partial charge in [0.25, 0.3) is 0 Å². The molecule has 0 fully saturated rings. The lowest BCUT2D eigenvalue weighted by Crippen LogP contribution is -2.35. The number of nitrogens with one attached hydrogen (secondary N) is 1.